The molecule has 1 aliphatic rings. The number of morpholine rings is 1. The highest BCUT2D eigenvalue weighted by Crippen LogP contribution is 2.27. The largest absolute Gasteiger partial charge is 0.378 e. The second kappa shape index (κ2) is 3.64. The van der Waals surface area contributed by atoms with Crippen LogP contribution >= 0.6 is 22.9 Å². The molecule has 0 saturated carbocycles. The first-order chi connectivity index (χ1) is 5.86. The summed E-state index contributed by atoms with van der Waals surface area (Å²) < 4.78 is 6.11. The lowest BCUT2D eigenvalue weighted by Crippen LogP contribution is -2.35. The third-order valence-electron chi connectivity index (χ3n) is 1.93. The molecule has 1 aromatic rings. The second-order valence-electron chi connectivity index (χ2n) is 2.71. The first-order valence-corrected chi connectivity index (χ1v) is 5.19. The van der Waals surface area contributed by atoms with Gasteiger partial charge in [-0.1, -0.05) is 11.6 Å². The first-order valence-electron chi connectivity index (χ1n) is 3.93. The number of hydrogen-bond donors (Lipinski definition) is 0. The summed E-state index contributed by atoms with van der Waals surface area (Å²) in [6.07, 6.45) is 0. The zero-order valence-electron chi connectivity index (χ0n) is 6.62. The van der Waals surface area contributed by atoms with Gasteiger partial charge >= 0.3 is 0 Å². The molecule has 0 radical (unpaired) electrons. The summed E-state index contributed by atoms with van der Waals surface area (Å²) in [5.74, 6) is 0. The molecule has 2 nitrogen and oxygen atoms in total. The molecule has 2 heterocycles. The predicted octanol–water partition coefficient (Wildman–Crippen LogP) is 2.24. The number of anilines is 1. The summed E-state index contributed by atoms with van der Waals surface area (Å²) in [6, 6.07) is 2.01. The minimum Gasteiger partial charge on any atom is -0.378 e. The van der Waals surface area contributed by atoms with Crippen LogP contribution in [0.1, 0.15) is 0 Å². The van der Waals surface area contributed by atoms with Crippen LogP contribution in [0.5, 0.6) is 0 Å². The van der Waals surface area contributed by atoms with Gasteiger partial charge in [-0.15, -0.1) is 11.3 Å². The van der Waals surface area contributed by atoms with Crippen molar-refractivity contribution in [1.29, 1.82) is 0 Å². The van der Waals surface area contributed by atoms with Crippen molar-refractivity contribution in [3.05, 3.63) is 15.8 Å². The number of halogens is 1. The molecule has 1 aromatic heterocycles. The average molecular weight is 204 g/mol. The maximum atomic E-state index is 5.84. The van der Waals surface area contributed by atoms with Crippen LogP contribution in [0.15, 0.2) is 11.4 Å². The van der Waals surface area contributed by atoms with Gasteiger partial charge in [0.05, 0.1) is 17.6 Å². The van der Waals surface area contributed by atoms with Crippen LogP contribution in [0.3, 0.4) is 0 Å². The van der Waals surface area contributed by atoms with Gasteiger partial charge in [-0.3, -0.25) is 0 Å². The molecular formula is C8H10ClNOS. The molecule has 0 bridgehead atoms. The highest BCUT2D eigenvalue weighted by Gasteiger charge is 2.11. The van der Waals surface area contributed by atoms with Gasteiger partial charge in [-0.2, -0.15) is 0 Å². The minimum atomic E-state index is 0.827. The molecule has 12 heavy (non-hydrogen) atoms. The van der Waals surface area contributed by atoms with Crippen LogP contribution in [0, 0.1) is 0 Å². The van der Waals surface area contributed by atoms with E-state index in [-0.39, 0.29) is 0 Å². The van der Waals surface area contributed by atoms with E-state index in [1.807, 2.05) is 6.07 Å². The Labute approximate surface area is 80.7 Å². The molecule has 0 aliphatic carbocycles. The molecule has 0 N–H and O–H groups in total. The molecule has 1 saturated heterocycles. The van der Waals surface area contributed by atoms with Crippen LogP contribution < -0.4 is 4.90 Å². The van der Waals surface area contributed by atoms with Gasteiger partial charge in [0.25, 0.3) is 0 Å². The minimum absolute atomic E-state index is 0.827. The number of thiophene rings is 1. The van der Waals surface area contributed by atoms with Crippen molar-refractivity contribution in [3.63, 3.8) is 0 Å². The van der Waals surface area contributed by atoms with E-state index in [1.165, 1.54) is 5.69 Å². The molecule has 0 unspecified atom stereocenters. The van der Waals surface area contributed by atoms with E-state index in [0.29, 0.717) is 0 Å². The van der Waals surface area contributed by atoms with Crippen molar-refractivity contribution in [3.8, 4) is 0 Å². The number of ether oxygens (including phenoxy) is 1. The van der Waals surface area contributed by atoms with Gasteiger partial charge in [0.1, 0.15) is 0 Å². The Bertz CT molecular complexity index is 257. The molecule has 4 heteroatoms. The standard InChI is InChI=1S/C8H10ClNOS/c9-8-5-7(6-12-8)10-1-3-11-4-2-10/h5-6H,1-4H2. The zero-order chi connectivity index (χ0) is 8.39. The van der Waals surface area contributed by atoms with E-state index in [1.54, 1.807) is 11.3 Å². The van der Waals surface area contributed by atoms with E-state index in [4.69, 9.17) is 16.3 Å². The van der Waals surface area contributed by atoms with Crippen molar-refractivity contribution in [2.75, 3.05) is 31.2 Å². The van der Waals surface area contributed by atoms with Crippen molar-refractivity contribution in [2.24, 2.45) is 0 Å². The first kappa shape index (κ1) is 8.35. The molecule has 1 fully saturated rings. The summed E-state index contributed by atoms with van der Waals surface area (Å²) in [5.41, 5.74) is 1.23. The van der Waals surface area contributed by atoms with Crippen LogP contribution in [0.2, 0.25) is 4.34 Å². The van der Waals surface area contributed by atoms with E-state index >= 15 is 0 Å². The molecule has 0 atom stereocenters. The van der Waals surface area contributed by atoms with Crippen LogP contribution in [-0.2, 0) is 4.74 Å². The van der Waals surface area contributed by atoms with Gasteiger partial charge < -0.3 is 9.64 Å². The smallest absolute Gasteiger partial charge is 0.0949 e. The third kappa shape index (κ3) is 1.73. The molecule has 0 amide bonds. The molecule has 0 aromatic carbocycles. The van der Waals surface area contributed by atoms with Crippen LogP contribution in [0.25, 0.3) is 0 Å². The summed E-state index contributed by atoms with van der Waals surface area (Å²) in [5, 5.41) is 2.09. The van der Waals surface area contributed by atoms with Crippen molar-refractivity contribution in [2.45, 2.75) is 0 Å². The van der Waals surface area contributed by atoms with Crippen molar-refractivity contribution < 1.29 is 4.74 Å². The summed E-state index contributed by atoms with van der Waals surface area (Å²) in [4.78, 5) is 2.30. The molecule has 2 rings (SSSR count). The molecular weight excluding hydrogens is 194 g/mol. The maximum absolute atomic E-state index is 5.84. The molecule has 1 aliphatic heterocycles. The fourth-order valence-electron chi connectivity index (χ4n) is 1.29. The fraction of sp³-hybridized carbons (Fsp3) is 0.500. The lowest BCUT2D eigenvalue weighted by Gasteiger charge is -2.27. The van der Waals surface area contributed by atoms with Crippen LogP contribution in [0.4, 0.5) is 5.69 Å². The topological polar surface area (TPSA) is 12.5 Å². The van der Waals surface area contributed by atoms with E-state index in [0.717, 1.165) is 30.6 Å². The highest BCUT2D eigenvalue weighted by molar-refractivity contribution is 7.14. The van der Waals surface area contributed by atoms with Gasteiger partial charge in [-0.05, 0) is 6.07 Å². The van der Waals surface area contributed by atoms with Gasteiger partial charge in [0, 0.05) is 24.2 Å². The normalized spacial score (nSPS) is 18.2. The Morgan fingerprint density at radius 3 is 2.75 bits per heavy atom. The third-order valence-corrected chi connectivity index (χ3v) is 3.01. The van der Waals surface area contributed by atoms with Crippen LogP contribution in [-0.4, -0.2) is 26.3 Å². The average Bonchev–Trinajstić information content (AvgIpc) is 2.54. The molecule has 0 spiro atoms. The lowest BCUT2D eigenvalue weighted by atomic mass is 10.4. The quantitative estimate of drug-likeness (QED) is 0.694. The zero-order valence-corrected chi connectivity index (χ0v) is 8.20. The summed E-state index contributed by atoms with van der Waals surface area (Å²) >= 11 is 7.42. The fourth-order valence-corrected chi connectivity index (χ4v) is 2.17. The van der Waals surface area contributed by atoms with Gasteiger partial charge in [-0.25, -0.2) is 0 Å². The predicted molar refractivity (Wildman–Crippen MR) is 52.4 cm³/mol. The summed E-state index contributed by atoms with van der Waals surface area (Å²) in [7, 11) is 0. The van der Waals surface area contributed by atoms with Crippen molar-refractivity contribution >= 4 is 28.6 Å². The maximum Gasteiger partial charge on any atom is 0.0949 e. The monoisotopic (exact) mass is 203 g/mol. The molecule has 66 valence electrons. The SMILES string of the molecule is Clc1cc(N2CCOCC2)cs1. The highest BCUT2D eigenvalue weighted by atomic mass is 35.5. The second-order valence-corrected chi connectivity index (χ2v) is 4.25. The van der Waals surface area contributed by atoms with Gasteiger partial charge in [0.15, 0.2) is 0 Å². The number of hydrogen-bond acceptors (Lipinski definition) is 3. The van der Waals surface area contributed by atoms with E-state index in [9.17, 15) is 0 Å². The summed E-state index contributed by atoms with van der Waals surface area (Å²) in [6.45, 7) is 3.61. The Morgan fingerprint density at radius 2 is 2.17 bits per heavy atom. The number of rotatable bonds is 1. The Kier molecular flexibility index (Phi) is 2.54. The lowest BCUT2D eigenvalue weighted by molar-refractivity contribution is 0.122. The Hall–Kier alpha value is -0.250. The van der Waals surface area contributed by atoms with E-state index in [2.05, 4.69) is 10.3 Å². The number of nitrogens with zero attached hydrogens (tertiary/aromatic N) is 1. The Balaban J connectivity index is 2.08. The van der Waals surface area contributed by atoms with Gasteiger partial charge in [0.2, 0.25) is 0 Å². The Morgan fingerprint density at radius 1 is 1.42 bits per heavy atom. The van der Waals surface area contributed by atoms with Crippen molar-refractivity contribution in [1.82, 2.24) is 0 Å². The van der Waals surface area contributed by atoms with E-state index < -0.39 is 0 Å².